The van der Waals surface area contributed by atoms with E-state index in [4.69, 9.17) is 14.5 Å². The second kappa shape index (κ2) is 24.1. The van der Waals surface area contributed by atoms with Crippen LogP contribution in [0.5, 0.6) is 0 Å². The number of ether oxygens (including phenoxy) is 2. The van der Waals surface area contributed by atoms with Crippen molar-refractivity contribution in [1.82, 2.24) is 40.0 Å². The minimum absolute atomic E-state index is 0.0208. The molecule has 5 heterocycles. The van der Waals surface area contributed by atoms with Crippen LogP contribution in [0.2, 0.25) is 0 Å². The Kier molecular flexibility index (Phi) is 19.3. The molecule has 5 aliphatic rings. The number of rotatable bonds is 12. The van der Waals surface area contributed by atoms with Crippen molar-refractivity contribution in [1.29, 1.82) is 0 Å². The number of carbonyl (C=O) groups is 7. The van der Waals surface area contributed by atoms with Gasteiger partial charge in [0.2, 0.25) is 36.1 Å². The number of cyclic esters (lactones) is 1. The maximum atomic E-state index is 13.6. The fourth-order valence-electron chi connectivity index (χ4n) is 9.14. The van der Waals surface area contributed by atoms with Crippen LogP contribution >= 0.6 is 0 Å². The molecule has 2 fully saturated rings. The Morgan fingerprint density at radius 3 is 2.07 bits per heavy atom. The van der Waals surface area contributed by atoms with Gasteiger partial charge in [-0.2, -0.15) is 0 Å². The Bertz CT molecular complexity index is 2670. The van der Waals surface area contributed by atoms with Crippen LogP contribution in [0.1, 0.15) is 120 Å². The van der Waals surface area contributed by atoms with Crippen molar-refractivity contribution in [3.63, 3.8) is 0 Å². The quantitative estimate of drug-likeness (QED) is 0.0792. The third kappa shape index (κ3) is 12.8. The number of allylic oxidation sites excluding steroid dienone is 3. The molecule has 5 amide bonds. The highest BCUT2D eigenvalue weighted by molar-refractivity contribution is 6.06. The van der Waals surface area contributed by atoms with Gasteiger partial charge in [-0.25, -0.2) is 14.5 Å². The second-order valence-electron chi connectivity index (χ2n) is 20.6. The van der Waals surface area contributed by atoms with E-state index < -0.39 is 22.9 Å². The smallest absolute Gasteiger partial charge is 0.352 e. The maximum Gasteiger partial charge on any atom is 0.352 e. The molecular formula is C56H76N8O9. The first kappa shape index (κ1) is 58.5. The lowest BCUT2D eigenvalue weighted by Crippen LogP contribution is -2.57. The van der Waals surface area contributed by atoms with Gasteiger partial charge in [-0.1, -0.05) is 95.8 Å². The Morgan fingerprint density at radius 2 is 1.53 bits per heavy atom. The number of benzene rings is 1. The number of amides is 5. The number of likely N-dealkylation sites (tertiary alicyclic amines) is 1. The van der Waals surface area contributed by atoms with Crippen molar-refractivity contribution < 1.29 is 43.0 Å². The highest BCUT2D eigenvalue weighted by Crippen LogP contribution is 2.52. The van der Waals surface area contributed by atoms with E-state index in [0.717, 1.165) is 46.1 Å². The van der Waals surface area contributed by atoms with Gasteiger partial charge in [-0.05, 0) is 97.4 Å². The standard InChI is InChI=1S/C22H37N5O2.C20H16N2O5.C10H11NO2.2C2H6/c1-15(2)12-26(13-17-14-27(16(3)4)25-24-17)19(29)22(10,11)21(8,9)18(28)23-20(5,6)7;1-12-9-26-20(25)19(27-11-24)15(12)7-17-18-14(8-22(17)10-23)6-13-4-2-3-5-16(13)21-18;1-11-9(12)7-5-2-3-6(4-5)8(7)10(11)13;2*1-2/h14H,1,3,12-13H2,2,4-11H3,(H,23,28);2-7,10-11,19H,8-9H2,1H3;2-3,5-8H,4H2,1H3;2*1-2H3/b;17-7-;;;. The highest BCUT2D eigenvalue weighted by atomic mass is 16.6. The number of aromatic nitrogens is 4. The van der Waals surface area contributed by atoms with Crippen molar-refractivity contribution in [2.24, 2.45) is 34.5 Å². The molecular weight excluding hydrogens is 929 g/mol. The molecule has 5 unspecified atom stereocenters. The summed E-state index contributed by atoms with van der Waals surface area (Å²) >= 11 is 0. The second-order valence-corrected chi connectivity index (χ2v) is 20.6. The Labute approximate surface area is 430 Å². The number of para-hydroxylation sites is 1. The number of nitrogens with one attached hydrogen (secondary N) is 1. The summed E-state index contributed by atoms with van der Waals surface area (Å²) < 4.78 is 11.5. The van der Waals surface area contributed by atoms with Crippen molar-refractivity contribution >= 4 is 64.8 Å². The van der Waals surface area contributed by atoms with Gasteiger partial charge >= 0.3 is 5.97 Å². The molecule has 17 heteroatoms. The zero-order valence-corrected chi connectivity index (χ0v) is 45.5. The fourth-order valence-corrected chi connectivity index (χ4v) is 9.14. The van der Waals surface area contributed by atoms with E-state index in [1.807, 2.05) is 120 Å². The van der Waals surface area contributed by atoms with Gasteiger partial charge in [-0.15, -0.1) is 5.10 Å². The zero-order valence-electron chi connectivity index (χ0n) is 45.5. The summed E-state index contributed by atoms with van der Waals surface area (Å²) in [4.78, 5) is 93.6. The SMILES string of the molecule is C=C(C)CN(Cc1cn(C(=C)C)nn1)C(=O)C(C)(C)C(C)(C)C(=O)NC(C)(C)C.CC.CC.CC1=C(/C=C2/c3nc4ccccc4cc3CN2C=O)C(OC=O)C(=O)OC1.CN1C(=O)C2C3C=CC(C3)C2C1=O. The van der Waals surface area contributed by atoms with Gasteiger partial charge in [0.25, 0.3) is 6.47 Å². The van der Waals surface area contributed by atoms with E-state index >= 15 is 0 Å². The summed E-state index contributed by atoms with van der Waals surface area (Å²) in [6, 6.07) is 9.70. The first-order chi connectivity index (χ1) is 34.3. The van der Waals surface area contributed by atoms with E-state index in [1.165, 1.54) is 9.80 Å². The van der Waals surface area contributed by atoms with Crippen LogP contribution in [0.15, 0.2) is 84.6 Å². The van der Waals surface area contributed by atoms with Gasteiger partial charge in [0.1, 0.15) is 12.3 Å². The van der Waals surface area contributed by atoms with E-state index in [0.29, 0.717) is 47.6 Å². The number of esters is 1. The monoisotopic (exact) mass is 1000 g/mol. The van der Waals surface area contributed by atoms with Gasteiger partial charge in [-0.3, -0.25) is 33.7 Å². The molecule has 394 valence electrons. The lowest BCUT2D eigenvalue weighted by Gasteiger charge is -2.43. The molecule has 2 aliphatic carbocycles. The van der Waals surface area contributed by atoms with Crippen LogP contribution in [-0.4, -0.2) is 109 Å². The molecule has 1 aromatic carbocycles. The van der Waals surface area contributed by atoms with Crippen LogP contribution < -0.4 is 5.32 Å². The molecule has 3 aliphatic heterocycles. The van der Waals surface area contributed by atoms with Crippen LogP contribution in [0.25, 0.3) is 22.3 Å². The highest BCUT2D eigenvalue weighted by Gasteiger charge is 2.58. The lowest BCUT2D eigenvalue weighted by atomic mass is 9.66. The molecule has 17 nitrogen and oxygen atoms in total. The van der Waals surface area contributed by atoms with E-state index in [1.54, 1.807) is 35.8 Å². The molecule has 1 saturated carbocycles. The Morgan fingerprint density at radius 1 is 0.932 bits per heavy atom. The minimum atomic E-state index is -1.15. The van der Waals surface area contributed by atoms with Crippen LogP contribution in [-0.2, 0) is 56.1 Å². The number of pyridine rings is 1. The summed E-state index contributed by atoms with van der Waals surface area (Å²) in [7, 11) is 1.60. The number of fused-ring (bicyclic) bond motifs is 7. The molecule has 5 atom stereocenters. The lowest BCUT2D eigenvalue weighted by molar-refractivity contribution is -0.159. The fraction of sp³-hybridized carbons (Fsp3) is 0.500. The summed E-state index contributed by atoms with van der Waals surface area (Å²) in [6.07, 6.45) is 8.25. The molecule has 2 bridgehead atoms. The molecule has 73 heavy (non-hydrogen) atoms. The predicted molar refractivity (Wildman–Crippen MR) is 281 cm³/mol. The van der Waals surface area contributed by atoms with E-state index in [9.17, 15) is 33.6 Å². The van der Waals surface area contributed by atoms with Crippen molar-refractivity contribution in [3.8, 4) is 0 Å². The minimum Gasteiger partial charge on any atom is -0.458 e. The summed E-state index contributed by atoms with van der Waals surface area (Å²) in [6.45, 7) is 35.7. The number of carbonyl (C=O) groups excluding carboxylic acids is 7. The first-order valence-electron chi connectivity index (χ1n) is 24.9. The van der Waals surface area contributed by atoms with Gasteiger partial charge in [0.05, 0.1) is 58.9 Å². The summed E-state index contributed by atoms with van der Waals surface area (Å²) in [5.74, 6) is -0.223. The van der Waals surface area contributed by atoms with E-state index in [-0.39, 0.29) is 60.6 Å². The average Bonchev–Trinajstić information content (AvgIpc) is 4.20. The topological polar surface area (TPSA) is 203 Å². The molecule has 0 spiro atoms. The number of hydrogen-bond donors (Lipinski definition) is 1. The Balaban J connectivity index is 0.000000242. The van der Waals surface area contributed by atoms with Crippen LogP contribution in [0.3, 0.4) is 0 Å². The number of imide groups is 1. The molecule has 8 rings (SSSR count). The maximum absolute atomic E-state index is 13.6. The van der Waals surface area contributed by atoms with Gasteiger partial charge in [0.15, 0.2) is 0 Å². The normalized spacial score (nSPS) is 21.0. The van der Waals surface area contributed by atoms with Crippen molar-refractivity contribution in [3.05, 3.63) is 102 Å². The van der Waals surface area contributed by atoms with Crippen LogP contribution in [0, 0.1) is 34.5 Å². The first-order valence-corrected chi connectivity index (χ1v) is 24.9. The summed E-state index contributed by atoms with van der Waals surface area (Å²) in [5, 5.41) is 12.2. The third-order valence-electron chi connectivity index (χ3n) is 13.6. The zero-order chi connectivity index (χ0) is 54.9. The molecule has 0 radical (unpaired) electrons. The number of nitrogens with zero attached hydrogens (tertiary/aromatic N) is 7. The van der Waals surface area contributed by atoms with Crippen LogP contribution in [0.4, 0.5) is 0 Å². The van der Waals surface area contributed by atoms with Gasteiger partial charge in [0, 0.05) is 41.4 Å². The Hall–Kier alpha value is -7.04. The van der Waals surface area contributed by atoms with Crippen molar-refractivity contribution in [2.45, 2.75) is 128 Å². The number of hydrogen-bond acceptors (Lipinski definition) is 12. The summed E-state index contributed by atoms with van der Waals surface area (Å²) in [5.41, 5.74) is 4.17. The average molecular weight is 1010 g/mol. The van der Waals surface area contributed by atoms with Crippen molar-refractivity contribution in [2.75, 3.05) is 20.2 Å². The third-order valence-corrected chi connectivity index (χ3v) is 13.6. The molecule has 1 saturated heterocycles. The van der Waals surface area contributed by atoms with E-state index in [2.05, 4.69) is 40.9 Å². The predicted octanol–water partition coefficient (Wildman–Crippen LogP) is 8.08. The molecule has 3 aromatic rings. The molecule has 2 aromatic heterocycles. The van der Waals surface area contributed by atoms with Gasteiger partial charge < -0.3 is 24.6 Å². The molecule has 1 N–H and O–H groups in total. The largest absolute Gasteiger partial charge is 0.458 e.